The minimum absolute atomic E-state index is 0.221. The molecule has 1 aliphatic rings. The molecule has 0 saturated heterocycles. The number of amides is 1. The maximum atomic E-state index is 12.7. The van der Waals surface area contributed by atoms with Crippen LogP contribution in [0.4, 0.5) is 17.2 Å². The molecule has 148 valence electrons. The van der Waals surface area contributed by atoms with Gasteiger partial charge in [0.15, 0.2) is 11.5 Å². The number of aromatic nitrogens is 2. The van der Waals surface area contributed by atoms with Crippen molar-refractivity contribution in [3.63, 3.8) is 0 Å². The molecule has 0 bridgehead atoms. The summed E-state index contributed by atoms with van der Waals surface area (Å²) in [5, 5.41) is 11.3. The van der Waals surface area contributed by atoms with E-state index in [4.69, 9.17) is 9.47 Å². The van der Waals surface area contributed by atoms with Crippen LogP contribution in [0.1, 0.15) is 23.0 Å². The molecule has 4 rings (SSSR count). The summed E-state index contributed by atoms with van der Waals surface area (Å²) in [6.45, 7) is 2.15. The molecule has 3 aromatic rings. The van der Waals surface area contributed by atoms with Crippen LogP contribution in [-0.2, 0) is 6.42 Å². The second kappa shape index (κ2) is 7.79. The molecule has 0 spiro atoms. The quantitative estimate of drug-likeness (QED) is 0.714. The molecule has 0 aliphatic carbocycles. The highest BCUT2D eigenvalue weighted by Crippen LogP contribution is 2.36. The number of methoxy groups -OCH3 is 2. The van der Waals surface area contributed by atoms with Crippen LogP contribution in [-0.4, -0.2) is 36.4 Å². The van der Waals surface area contributed by atoms with Crippen molar-refractivity contribution in [2.45, 2.75) is 19.4 Å². The lowest BCUT2D eigenvalue weighted by molar-refractivity contribution is 0.102. The average Bonchev–Trinajstić information content (AvgIpc) is 3.09. The zero-order chi connectivity index (χ0) is 20.4. The standard InChI is InChI=1S/C22H22N4O3/c1-14-12-15-6-4-5-7-19(15)26(14)21-11-9-17(24-25-21)22(27)23-18-13-16(28-2)8-10-20(18)29-3/h4-11,13-14H,12H2,1-3H3,(H,23,27). The first kappa shape index (κ1) is 18.7. The Morgan fingerprint density at radius 3 is 2.62 bits per heavy atom. The Bertz CT molecular complexity index is 1040. The first-order valence-electron chi connectivity index (χ1n) is 9.35. The molecule has 0 saturated carbocycles. The number of hydrogen-bond acceptors (Lipinski definition) is 6. The van der Waals surface area contributed by atoms with Crippen molar-refractivity contribution < 1.29 is 14.3 Å². The number of carbonyl (C=O) groups is 1. The number of nitrogens with one attached hydrogen (secondary N) is 1. The van der Waals surface area contributed by atoms with Crippen LogP contribution in [0, 0.1) is 0 Å². The van der Waals surface area contributed by atoms with Crippen LogP contribution in [0.5, 0.6) is 11.5 Å². The molecule has 2 aromatic carbocycles. The van der Waals surface area contributed by atoms with Crippen molar-refractivity contribution in [1.82, 2.24) is 10.2 Å². The lowest BCUT2D eigenvalue weighted by atomic mass is 10.1. The van der Waals surface area contributed by atoms with Gasteiger partial charge in [0.1, 0.15) is 11.5 Å². The van der Waals surface area contributed by atoms with E-state index in [9.17, 15) is 4.79 Å². The van der Waals surface area contributed by atoms with Crippen LogP contribution >= 0.6 is 0 Å². The molecule has 1 aromatic heterocycles. The molecule has 29 heavy (non-hydrogen) atoms. The predicted octanol–water partition coefficient (Wildman–Crippen LogP) is 3.83. The van der Waals surface area contributed by atoms with Crippen molar-refractivity contribution in [3.05, 3.63) is 65.9 Å². The molecular formula is C22H22N4O3. The molecule has 1 aliphatic heterocycles. The monoisotopic (exact) mass is 390 g/mol. The molecule has 1 atom stereocenters. The number of rotatable bonds is 5. The highest BCUT2D eigenvalue weighted by molar-refractivity contribution is 6.03. The normalized spacial score (nSPS) is 15.0. The van der Waals surface area contributed by atoms with Gasteiger partial charge in [0.05, 0.1) is 19.9 Å². The molecule has 1 amide bonds. The molecule has 1 unspecified atom stereocenters. The van der Waals surface area contributed by atoms with Crippen molar-refractivity contribution in [2.75, 3.05) is 24.4 Å². The molecule has 0 fully saturated rings. The number of fused-ring (bicyclic) bond motifs is 1. The lowest BCUT2D eigenvalue weighted by Gasteiger charge is -2.23. The van der Waals surface area contributed by atoms with E-state index in [0.29, 0.717) is 17.2 Å². The van der Waals surface area contributed by atoms with Crippen molar-refractivity contribution in [2.24, 2.45) is 0 Å². The summed E-state index contributed by atoms with van der Waals surface area (Å²) >= 11 is 0. The van der Waals surface area contributed by atoms with E-state index in [0.717, 1.165) is 17.9 Å². The van der Waals surface area contributed by atoms with Gasteiger partial charge < -0.3 is 19.7 Å². The number of ether oxygens (including phenoxy) is 2. The van der Waals surface area contributed by atoms with Crippen molar-refractivity contribution >= 4 is 23.1 Å². The Kier molecular flexibility index (Phi) is 5.03. The third-order valence-electron chi connectivity index (χ3n) is 4.99. The summed E-state index contributed by atoms with van der Waals surface area (Å²) in [4.78, 5) is 14.8. The Balaban J connectivity index is 1.55. The van der Waals surface area contributed by atoms with Gasteiger partial charge >= 0.3 is 0 Å². The van der Waals surface area contributed by atoms with Crippen LogP contribution < -0.4 is 19.7 Å². The van der Waals surface area contributed by atoms with E-state index in [1.54, 1.807) is 38.5 Å². The Morgan fingerprint density at radius 2 is 1.90 bits per heavy atom. The minimum atomic E-state index is -0.370. The van der Waals surface area contributed by atoms with Gasteiger partial charge in [-0.15, -0.1) is 10.2 Å². The van der Waals surface area contributed by atoms with Gasteiger partial charge in [-0.05, 0) is 49.2 Å². The van der Waals surface area contributed by atoms with Gasteiger partial charge in [0, 0.05) is 17.8 Å². The minimum Gasteiger partial charge on any atom is -0.497 e. The summed E-state index contributed by atoms with van der Waals surface area (Å²) in [6.07, 6.45) is 0.954. The summed E-state index contributed by atoms with van der Waals surface area (Å²) in [6, 6.07) is 17.2. The van der Waals surface area contributed by atoms with Crippen LogP contribution in [0.25, 0.3) is 0 Å². The number of para-hydroxylation sites is 1. The molecule has 7 nitrogen and oxygen atoms in total. The summed E-state index contributed by atoms with van der Waals surface area (Å²) in [7, 11) is 3.11. The van der Waals surface area contributed by atoms with E-state index < -0.39 is 0 Å². The van der Waals surface area contributed by atoms with E-state index in [1.807, 2.05) is 18.2 Å². The van der Waals surface area contributed by atoms with Gasteiger partial charge in [-0.25, -0.2) is 0 Å². The van der Waals surface area contributed by atoms with Gasteiger partial charge in [0.25, 0.3) is 5.91 Å². The number of nitrogens with zero attached hydrogens (tertiary/aromatic N) is 3. The highest BCUT2D eigenvalue weighted by Gasteiger charge is 2.28. The van der Waals surface area contributed by atoms with Gasteiger partial charge in [-0.1, -0.05) is 18.2 Å². The zero-order valence-electron chi connectivity index (χ0n) is 16.5. The van der Waals surface area contributed by atoms with Crippen LogP contribution in [0.15, 0.2) is 54.6 Å². The second-order valence-corrected chi connectivity index (χ2v) is 6.85. The number of hydrogen-bond donors (Lipinski definition) is 1. The molecule has 0 radical (unpaired) electrons. The van der Waals surface area contributed by atoms with Gasteiger partial charge in [-0.3, -0.25) is 4.79 Å². The predicted molar refractivity (Wildman–Crippen MR) is 111 cm³/mol. The smallest absolute Gasteiger partial charge is 0.276 e. The fourth-order valence-corrected chi connectivity index (χ4v) is 3.59. The van der Waals surface area contributed by atoms with Gasteiger partial charge in [-0.2, -0.15) is 0 Å². The first-order chi connectivity index (χ1) is 14.1. The largest absolute Gasteiger partial charge is 0.497 e. The first-order valence-corrected chi connectivity index (χ1v) is 9.35. The summed E-state index contributed by atoms with van der Waals surface area (Å²) in [5.74, 6) is 1.50. The third-order valence-corrected chi connectivity index (χ3v) is 4.99. The SMILES string of the molecule is COc1ccc(OC)c(NC(=O)c2ccc(N3c4ccccc4CC3C)nn2)c1. The molecule has 7 heteroatoms. The van der Waals surface area contributed by atoms with E-state index >= 15 is 0 Å². The highest BCUT2D eigenvalue weighted by atomic mass is 16.5. The van der Waals surface area contributed by atoms with Crippen LogP contribution in [0.2, 0.25) is 0 Å². The number of anilines is 3. The van der Waals surface area contributed by atoms with Crippen LogP contribution in [0.3, 0.4) is 0 Å². The molecule has 1 N–H and O–H groups in total. The topological polar surface area (TPSA) is 76.6 Å². The Morgan fingerprint density at radius 1 is 1.07 bits per heavy atom. The molecule has 2 heterocycles. The Hall–Kier alpha value is -3.61. The average molecular weight is 390 g/mol. The zero-order valence-corrected chi connectivity index (χ0v) is 16.5. The summed E-state index contributed by atoms with van der Waals surface area (Å²) < 4.78 is 10.5. The van der Waals surface area contributed by atoms with E-state index in [-0.39, 0.29) is 17.6 Å². The fraction of sp³-hybridized carbons (Fsp3) is 0.227. The third kappa shape index (κ3) is 3.59. The summed E-state index contributed by atoms with van der Waals surface area (Å²) in [5.41, 5.74) is 3.14. The van der Waals surface area contributed by atoms with Crippen molar-refractivity contribution in [3.8, 4) is 11.5 Å². The maximum Gasteiger partial charge on any atom is 0.276 e. The lowest BCUT2D eigenvalue weighted by Crippen LogP contribution is -2.25. The maximum absolute atomic E-state index is 12.7. The second-order valence-electron chi connectivity index (χ2n) is 6.85. The van der Waals surface area contributed by atoms with Crippen molar-refractivity contribution in [1.29, 1.82) is 0 Å². The van der Waals surface area contributed by atoms with E-state index in [2.05, 4.69) is 39.5 Å². The Labute approximate surface area is 169 Å². The number of carbonyl (C=O) groups excluding carboxylic acids is 1. The number of benzene rings is 2. The van der Waals surface area contributed by atoms with E-state index in [1.165, 1.54) is 5.56 Å². The fourth-order valence-electron chi connectivity index (χ4n) is 3.59. The van der Waals surface area contributed by atoms with Gasteiger partial charge in [0.2, 0.25) is 0 Å². The molecular weight excluding hydrogens is 368 g/mol.